The first-order valence-electron chi connectivity index (χ1n) is 12.2. The number of carbonyl (C=O) groups is 2. The molecule has 36 heavy (non-hydrogen) atoms. The molecule has 8 nitrogen and oxygen atoms in total. The minimum absolute atomic E-state index is 0.00530. The number of nitrogens with zero attached hydrogens (tertiary/aromatic N) is 2. The van der Waals surface area contributed by atoms with Crippen LogP contribution in [0.3, 0.4) is 0 Å². The van der Waals surface area contributed by atoms with Crippen molar-refractivity contribution in [2.24, 2.45) is 0 Å². The van der Waals surface area contributed by atoms with Crippen LogP contribution < -0.4 is 14.2 Å². The second-order valence-corrected chi connectivity index (χ2v) is 9.25. The number of ether oxygens (including phenoxy) is 3. The van der Waals surface area contributed by atoms with Crippen molar-refractivity contribution in [2.45, 2.75) is 39.3 Å². The summed E-state index contributed by atoms with van der Waals surface area (Å²) >= 11 is 0. The van der Waals surface area contributed by atoms with Crippen molar-refractivity contribution >= 4 is 17.4 Å². The summed E-state index contributed by atoms with van der Waals surface area (Å²) in [6, 6.07) is 11.4. The van der Waals surface area contributed by atoms with Gasteiger partial charge in [-0.25, -0.2) is 0 Å². The van der Waals surface area contributed by atoms with E-state index in [1.54, 1.807) is 49.6 Å². The molecule has 3 rings (SSSR count). The van der Waals surface area contributed by atoms with Gasteiger partial charge < -0.3 is 29.1 Å². The zero-order chi connectivity index (χ0) is 26.4. The van der Waals surface area contributed by atoms with Gasteiger partial charge in [-0.1, -0.05) is 13.0 Å². The van der Waals surface area contributed by atoms with Crippen LogP contribution in [0.1, 0.15) is 44.4 Å². The number of hydrogen-bond donors (Lipinski definition) is 1. The molecule has 0 radical (unpaired) electrons. The van der Waals surface area contributed by atoms with Gasteiger partial charge in [-0.3, -0.25) is 9.59 Å². The number of aliphatic hydroxyl groups is 1. The Kier molecular flexibility index (Phi) is 8.98. The Balaban J connectivity index is 2.10. The highest BCUT2D eigenvalue weighted by molar-refractivity contribution is 6.46. The van der Waals surface area contributed by atoms with Crippen molar-refractivity contribution in [3.8, 4) is 17.2 Å². The van der Waals surface area contributed by atoms with E-state index in [-0.39, 0.29) is 17.4 Å². The van der Waals surface area contributed by atoms with Crippen molar-refractivity contribution in [2.75, 3.05) is 40.9 Å². The van der Waals surface area contributed by atoms with Crippen LogP contribution in [-0.4, -0.2) is 73.6 Å². The number of Topliss-reactive ketones (excluding diaryl/α,β-unsaturated/α-hetero) is 1. The fourth-order valence-corrected chi connectivity index (χ4v) is 4.07. The maximum atomic E-state index is 13.2. The van der Waals surface area contributed by atoms with Crippen LogP contribution in [0.4, 0.5) is 0 Å². The van der Waals surface area contributed by atoms with Gasteiger partial charge in [0.1, 0.15) is 11.5 Å². The fraction of sp³-hybridized carbons (Fsp3) is 0.429. The van der Waals surface area contributed by atoms with E-state index in [1.165, 1.54) is 4.90 Å². The Labute approximate surface area is 213 Å². The first kappa shape index (κ1) is 27.1. The molecule has 0 aliphatic carbocycles. The van der Waals surface area contributed by atoms with Crippen LogP contribution in [0, 0.1) is 0 Å². The summed E-state index contributed by atoms with van der Waals surface area (Å²) in [4.78, 5) is 29.8. The van der Waals surface area contributed by atoms with E-state index in [0.29, 0.717) is 48.1 Å². The summed E-state index contributed by atoms with van der Waals surface area (Å²) in [6.45, 7) is 7.27. The number of hydrogen-bond acceptors (Lipinski definition) is 7. The average Bonchev–Trinajstić information content (AvgIpc) is 3.10. The lowest BCUT2D eigenvalue weighted by Crippen LogP contribution is -2.35. The minimum Gasteiger partial charge on any atom is -0.507 e. The lowest BCUT2D eigenvalue weighted by atomic mass is 9.95. The third-order valence-corrected chi connectivity index (χ3v) is 5.79. The van der Waals surface area contributed by atoms with Crippen molar-refractivity contribution in [1.29, 1.82) is 0 Å². The highest BCUT2D eigenvalue weighted by atomic mass is 16.5. The molecule has 2 aromatic carbocycles. The summed E-state index contributed by atoms with van der Waals surface area (Å²) in [5, 5.41) is 11.3. The van der Waals surface area contributed by atoms with Crippen LogP contribution in [-0.2, 0) is 9.59 Å². The topological polar surface area (TPSA) is 88.5 Å². The third-order valence-electron chi connectivity index (χ3n) is 5.79. The Morgan fingerprint density at radius 1 is 1.08 bits per heavy atom. The Bertz CT molecular complexity index is 1110. The van der Waals surface area contributed by atoms with Gasteiger partial charge in [0.05, 0.1) is 31.4 Å². The molecule has 1 atom stereocenters. The molecule has 2 aromatic rings. The van der Waals surface area contributed by atoms with Gasteiger partial charge in [-0.05, 0) is 76.3 Å². The number of likely N-dealkylation sites (tertiary alicyclic amines) is 1. The second kappa shape index (κ2) is 11.9. The molecule has 1 heterocycles. The Morgan fingerprint density at radius 3 is 2.36 bits per heavy atom. The largest absolute Gasteiger partial charge is 0.507 e. The molecule has 194 valence electrons. The molecule has 0 unspecified atom stereocenters. The maximum absolute atomic E-state index is 13.2. The van der Waals surface area contributed by atoms with Crippen molar-refractivity contribution in [3.63, 3.8) is 0 Å². The first-order valence-corrected chi connectivity index (χ1v) is 12.2. The van der Waals surface area contributed by atoms with Crippen LogP contribution in [0.15, 0.2) is 48.0 Å². The zero-order valence-corrected chi connectivity index (χ0v) is 21.9. The van der Waals surface area contributed by atoms with Gasteiger partial charge in [0.15, 0.2) is 11.5 Å². The van der Waals surface area contributed by atoms with Crippen molar-refractivity contribution in [3.05, 3.63) is 59.2 Å². The average molecular weight is 497 g/mol. The van der Waals surface area contributed by atoms with Gasteiger partial charge in [-0.2, -0.15) is 0 Å². The quantitative estimate of drug-likeness (QED) is 0.283. The van der Waals surface area contributed by atoms with Crippen LogP contribution in [0.2, 0.25) is 0 Å². The van der Waals surface area contributed by atoms with Crippen molar-refractivity contribution < 1.29 is 28.9 Å². The number of aliphatic hydroxyl groups excluding tert-OH is 1. The van der Waals surface area contributed by atoms with E-state index in [4.69, 9.17) is 14.2 Å². The van der Waals surface area contributed by atoms with Gasteiger partial charge in [0.2, 0.25) is 0 Å². The van der Waals surface area contributed by atoms with E-state index in [0.717, 1.165) is 6.42 Å². The van der Waals surface area contributed by atoms with Crippen LogP contribution in [0.25, 0.3) is 5.76 Å². The SMILES string of the molecule is CCCOc1ccc([C@H]2/C(=C(\O)c3ccc(OC(C)C)cc3)C(=O)C(=O)N2CCN(C)C)cc1OC. The lowest BCUT2D eigenvalue weighted by Gasteiger charge is -2.27. The van der Waals surface area contributed by atoms with E-state index in [9.17, 15) is 14.7 Å². The smallest absolute Gasteiger partial charge is 0.295 e. The standard InChI is InChI=1S/C28H36N2O6/c1-7-16-35-22-13-10-20(17-23(22)34-6)25-24(27(32)28(33)30(25)15-14-29(4)5)26(31)19-8-11-21(12-9-19)36-18(2)3/h8-13,17-18,25,31H,7,14-16H2,1-6H3/b26-24+/t25-/m0/s1. The molecule has 1 saturated heterocycles. The molecular formula is C28H36N2O6. The van der Waals surface area contributed by atoms with Gasteiger partial charge in [0.25, 0.3) is 11.7 Å². The van der Waals surface area contributed by atoms with Gasteiger partial charge >= 0.3 is 0 Å². The number of carbonyl (C=O) groups excluding carboxylic acids is 2. The maximum Gasteiger partial charge on any atom is 0.295 e. The summed E-state index contributed by atoms with van der Waals surface area (Å²) in [5.74, 6) is 0.130. The molecule has 1 amide bonds. The molecular weight excluding hydrogens is 460 g/mol. The summed E-state index contributed by atoms with van der Waals surface area (Å²) in [6.07, 6.45) is 0.849. The summed E-state index contributed by atoms with van der Waals surface area (Å²) in [5.41, 5.74) is 1.12. The molecule has 1 N–H and O–H groups in total. The number of likely N-dealkylation sites (N-methyl/N-ethyl adjacent to an activating group) is 1. The van der Waals surface area contributed by atoms with E-state index in [1.807, 2.05) is 39.8 Å². The Morgan fingerprint density at radius 2 is 1.78 bits per heavy atom. The lowest BCUT2D eigenvalue weighted by molar-refractivity contribution is -0.140. The van der Waals surface area contributed by atoms with Crippen LogP contribution in [0.5, 0.6) is 17.2 Å². The highest BCUT2D eigenvalue weighted by Crippen LogP contribution is 2.42. The van der Waals surface area contributed by atoms with E-state index >= 15 is 0 Å². The predicted octanol–water partition coefficient (Wildman–Crippen LogP) is 4.25. The molecule has 1 fully saturated rings. The zero-order valence-electron chi connectivity index (χ0n) is 21.9. The Hall–Kier alpha value is -3.52. The molecule has 0 bridgehead atoms. The summed E-state index contributed by atoms with van der Waals surface area (Å²) in [7, 11) is 5.34. The monoisotopic (exact) mass is 496 g/mol. The minimum atomic E-state index is -0.773. The fourth-order valence-electron chi connectivity index (χ4n) is 4.07. The number of ketones is 1. The number of benzene rings is 2. The number of amides is 1. The van der Waals surface area contributed by atoms with Crippen LogP contribution >= 0.6 is 0 Å². The van der Waals surface area contributed by atoms with Gasteiger partial charge in [0, 0.05) is 18.7 Å². The normalized spacial score (nSPS) is 17.2. The predicted molar refractivity (Wildman–Crippen MR) is 139 cm³/mol. The second-order valence-electron chi connectivity index (χ2n) is 9.25. The van der Waals surface area contributed by atoms with Crippen molar-refractivity contribution in [1.82, 2.24) is 9.80 Å². The summed E-state index contributed by atoms with van der Waals surface area (Å²) < 4.78 is 17.0. The molecule has 0 saturated carbocycles. The highest BCUT2D eigenvalue weighted by Gasteiger charge is 2.46. The molecule has 8 heteroatoms. The number of rotatable bonds is 11. The van der Waals surface area contributed by atoms with E-state index < -0.39 is 17.7 Å². The first-order chi connectivity index (χ1) is 17.2. The number of methoxy groups -OCH3 is 1. The molecule has 1 aliphatic heterocycles. The molecule has 0 spiro atoms. The molecule has 1 aliphatic rings. The third kappa shape index (κ3) is 5.99. The van der Waals surface area contributed by atoms with Gasteiger partial charge in [-0.15, -0.1) is 0 Å². The van der Waals surface area contributed by atoms with E-state index in [2.05, 4.69) is 0 Å². The molecule has 0 aromatic heterocycles.